The molecule has 2 N–H and O–H groups in total. The molecule has 0 spiro atoms. The highest BCUT2D eigenvalue weighted by atomic mass is 16.5. The van der Waals surface area contributed by atoms with Gasteiger partial charge in [-0.05, 0) is 37.6 Å². The summed E-state index contributed by atoms with van der Waals surface area (Å²) >= 11 is 0. The van der Waals surface area contributed by atoms with Gasteiger partial charge in [-0.25, -0.2) is 0 Å². The van der Waals surface area contributed by atoms with Crippen molar-refractivity contribution >= 4 is 17.4 Å². The highest BCUT2D eigenvalue weighted by Gasteiger charge is 2.01. The number of aromatic nitrogens is 2. The summed E-state index contributed by atoms with van der Waals surface area (Å²) in [4.78, 5) is 11.0. The molecule has 0 aliphatic heterocycles. The smallest absolute Gasteiger partial charge is 0.221 e. The first-order chi connectivity index (χ1) is 10.5. The second kappa shape index (κ2) is 7.40. The molecular weight excluding hydrogens is 280 g/mol. The van der Waals surface area contributed by atoms with Crippen molar-refractivity contribution in [2.45, 2.75) is 20.8 Å². The normalized spacial score (nSPS) is 10.1. The summed E-state index contributed by atoms with van der Waals surface area (Å²) in [6.07, 6.45) is 0. The summed E-state index contributed by atoms with van der Waals surface area (Å²) in [6.45, 7) is 6.50. The van der Waals surface area contributed by atoms with Crippen molar-refractivity contribution in [3.8, 4) is 5.75 Å². The molecule has 0 saturated heterocycles. The molecule has 1 amide bonds. The molecule has 0 aliphatic carbocycles. The number of rotatable bonds is 6. The molecule has 0 saturated carbocycles. The van der Waals surface area contributed by atoms with Gasteiger partial charge < -0.3 is 15.4 Å². The first kappa shape index (κ1) is 15.8. The second-order valence-electron chi connectivity index (χ2n) is 4.98. The van der Waals surface area contributed by atoms with E-state index in [-0.39, 0.29) is 5.91 Å². The minimum Gasteiger partial charge on any atom is -0.492 e. The Morgan fingerprint density at radius 1 is 1.23 bits per heavy atom. The molecule has 0 radical (unpaired) electrons. The Hall–Kier alpha value is -2.63. The standard InChI is InChI=1S/C16H20N4O2/c1-11-9-16(20-19-12(11)2)17-7-8-22-15-6-4-5-14(10-15)18-13(3)21/h4-6,9-10H,7-8H2,1-3H3,(H,17,20)(H,18,21). The van der Waals surface area contributed by atoms with Gasteiger partial charge in [-0.1, -0.05) is 6.07 Å². The van der Waals surface area contributed by atoms with E-state index < -0.39 is 0 Å². The van der Waals surface area contributed by atoms with E-state index in [1.165, 1.54) is 6.92 Å². The number of hydrogen-bond donors (Lipinski definition) is 2. The van der Waals surface area contributed by atoms with E-state index in [0.29, 0.717) is 18.9 Å². The van der Waals surface area contributed by atoms with E-state index >= 15 is 0 Å². The molecule has 22 heavy (non-hydrogen) atoms. The Bertz CT molecular complexity index is 658. The van der Waals surface area contributed by atoms with Crippen molar-refractivity contribution in [3.63, 3.8) is 0 Å². The van der Waals surface area contributed by atoms with Gasteiger partial charge in [-0.15, -0.1) is 5.10 Å². The molecule has 0 bridgehead atoms. The van der Waals surface area contributed by atoms with Crippen LogP contribution < -0.4 is 15.4 Å². The summed E-state index contributed by atoms with van der Waals surface area (Å²) in [6, 6.07) is 9.25. The van der Waals surface area contributed by atoms with Crippen molar-refractivity contribution in [3.05, 3.63) is 41.6 Å². The van der Waals surface area contributed by atoms with Crippen LogP contribution in [0.5, 0.6) is 5.75 Å². The van der Waals surface area contributed by atoms with E-state index in [9.17, 15) is 4.79 Å². The molecule has 0 fully saturated rings. The van der Waals surface area contributed by atoms with Gasteiger partial charge in [0.05, 0.1) is 12.2 Å². The molecule has 2 aromatic rings. The Morgan fingerprint density at radius 2 is 2.05 bits per heavy atom. The van der Waals surface area contributed by atoms with Gasteiger partial charge >= 0.3 is 0 Å². The summed E-state index contributed by atoms with van der Waals surface area (Å²) in [5.41, 5.74) is 2.75. The highest BCUT2D eigenvalue weighted by molar-refractivity contribution is 5.88. The average molecular weight is 300 g/mol. The topological polar surface area (TPSA) is 76.1 Å². The Balaban J connectivity index is 1.81. The molecule has 0 aliphatic rings. The maximum Gasteiger partial charge on any atom is 0.221 e. The zero-order valence-electron chi connectivity index (χ0n) is 13.0. The molecule has 0 atom stereocenters. The van der Waals surface area contributed by atoms with Gasteiger partial charge in [-0.2, -0.15) is 5.10 Å². The molecule has 2 rings (SSSR count). The third kappa shape index (κ3) is 4.73. The second-order valence-corrected chi connectivity index (χ2v) is 4.98. The molecule has 116 valence electrons. The molecule has 1 aromatic heterocycles. The van der Waals surface area contributed by atoms with E-state index in [2.05, 4.69) is 20.8 Å². The van der Waals surface area contributed by atoms with Crippen LogP contribution in [0.25, 0.3) is 0 Å². The van der Waals surface area contributed by atoms with Crippen LogP contribution in [0.1, 0.15) is 18.2 Å². The number of benzene rings is 1. The third-order valence-electron chi connectivity index (χ3n) is 3.06. The lowest BCUT2D eigenvalue weighted by Gasteiger charge is -2.10. The third-order valence-corrected chi connectivity index (χ3v) is 3.06. The number of amides is 1. The number of nitrogens with one attached hydrogen (secondary N) is 2. The van der Waals surface area contributed by atoms with Gasteiger partial charge in [0.15, 0.2) is 0 Å². The van der Waals surface area contributed by atoms with Gasteiger partial charge in [0, 0.05) is 18.7 Å². The first-order valence-corrected chi connectivity index (χ1v) is 7.10. The maximum atomic E-state index is 11.0. The van der Waals surface area contributed by atoms with Gasteiger partial charge in [0.1, 0.15) is 18.2 Å². The fraction of sp³-hybridized carbons (Fsp3) is 0.312. The molecule has 6 nitrogen and oxygen atoms in total. The monoisotopic (exact) mass is 300 g/mol. The fourth-order valence-electron chi connectivity index (χ4n) is 1.85. The van der Waals surface area contributed by atoms with Crippen LogP contribution in [0.3, 0.4) is 0 Å². The van der Waals surface area contributed by atoms with Gasteiger partial charge in [0.2, 0.25) is 5.91 Å². The fourth-order valence-corrected chi connectivity index (χ4v) is 1.85. The van der Waals surface area contributed by atoms with Gasteiger partial charge in [0.25, 0.3) is 0 Å². The predicted molar refractivity (Wildman–Crippen MR) is 86.2 cm³/mol. The first-order valence-electron chi connectivity index (χ1n) is 7.10. The van der Waals surface area contributed by atoms with E-state index in [4.69, 9.17) is 4.74 Å². The van der Waals surface area contributed by atoms with Crippen LogP contribution in [-0.4, -0.2) is 29.3 Å². The number of aryl methyl sites for hydroxylation is 2. The molecule has 6 heteroatoms. The number of anilines is 2. The van der Waals surface area contributed by atoms with Crippen LogP contribution in [0.2, 0.25) is 0 Å². The summed E-state index contributed by atoms with van der Waals surface area (Å²) in [5, 5.41) is 14.0. The van der Waals surface area contributed by atoms with Crippen molar-refractivity contribution in [2.75, 3.05) is 23.8 Å². The average Bonchev–Trinajstić information content (AvgIpc) is 2.47. The lowest BCUT2D eigenvalue weighted by atomic mass is 10.2. The van der Waals surface area contributed by atoms with Crippen LogP contribution in [0, 0.1) is 13.8 Å². The summed E-state index contributed by atoms with van der Waals surface area (Å²) in [7, 11) is 0. The Morgan fingerprint density at radius 3 is 2.77 bits per heavy atom. The molecule has 0 unspecified atom stereocenters. The quantitative estimate of drug-likeness (QED) is 0.802. The van der Waals surface area contributed by atoms with Crippen LogP contribution in [-0.2, 0) is 4.79 Å². The molecule has 1 heterocycles. The van der Waals surface area contributed by atoms with Crippen LogP contribution in [0.4, 0.5) is 11.5 Å². The van der Waals surface area contributed by atoms with Crippen molar-refractivity contribution < 1.29 is 9.53 Å². The molecular formula is C16H20N4O2. The van der Waals surface area contributed by atoms with Crippen molar-refractivity contribution in [2.24, 2.45) is 0 Å². The molecule has 1 aromatic carbocycles. The number of hydrogen-bond acceptors (Lipinski definition) is 5. The lowest BCUT2D eigenvalue weighted by Crippen LogP contribution is -2.13. The van der Waals surface area contributed by atoms with E-state index in [1.54, 1.807) is 6.07 Å². The SMILES string of the molecule is CC(=O)Nc1cccc(OCCNc2cc(C)c(C)nn2)c1. The zero-order valence-corrected chi connectivity index (χ0v) is 13.0. The van der Waals surface area contributed by atoms with E-state index in [1.807, 2.05) is 38.1 Å². The highest BCUT2D eigenvalue weighted by Crippen LogP contribution is 2.17. The number of carbonyl (C=O) groups is 1. The maximum absolute atomic E-state index is 11.0. The summed E-state index contributed by atoms with van der Waals surface area (Å²) in [5.74, 6) is 1.34. The number of nitrogens with zero attached hydrogens (tertiary/aromatic N) is 2. The Labute approximate surface area is 129 Å². The van der Waals surface area contributed by atoms with Crippen molar-refractivity contribution in [1.29, 1.82) is 0 Å². The van der Waals surface area contributed by atoms with E-state index in [0.717, 1.165) is 22.8 Å². The largest absolute Gasteiger partial charge is 0.492 e. The van der Waals surface area contributed by atoms with Crippen LogP contribution in [0.15, 0.2) is 30.3 Å². The minimum absolute atomic E-state index is 0.105. The minimum atomic E-state index is -0.105. The summed E-state index contributed by atoms with van der Waals surface area (Å²) < 4.78 is 5.64. The lowest BCUT2D eigenvalue weighted by molar-refractivity contribution is -0.114. The Kier molecular flexibility index (Phi) is 5.30. The number of ether oxygens (including phenoxy) is 1. The van der Waals surface area contributed by atoms with Crippen LogP contribution >= 0.6 is 0 Å². The number of carbonyl (C=O) groups excluding carboxylic acids is 1. The van der Waals surface area contributed by atoms with Gasteiger partial charge in [-0.3, -0.25) is 4.79 Å². The predicted octanol–water partition coefficient (Wildman–Crippen LogP) is 2.54. The van der Waals surface area contributed by atoms with Crippen molar-refractivity contribution in [1.82, 2.24) is 10.2 Å². The zero-order chi connectivity index (χ0) is 15.9.